The SMILES string of the molecule is CCOC(=O)C1=C(C)N(c2cccc(C(F)(F)F)c2)C(=O)N(C)C1c1ccc(C#N)cc1-c1ccn(C)n1. The van der Waals surface area contributed by atoms with Gasteiger partial charge in [0.1, 0.15) is 0 Å². The number of alkyl halides is 3. The molecule has 8 nitrogen and oxygen atoms in total. The van der Waals surface area contributed by atoms with Gasteiger partial charge in [-0.1, -0.05) is 12.1 Å². The Kier molecular flexibility index (Phi) is 7.00. The summed E-state index contributed by atoms with van der Waals surface area (Å²) in [5.74, 6) is -0.720. The van der Waals surface area contributed by atoms with Crippen LogP contribution in [0.4, 0.5) is 23.7 Å². The number of likely N-dealkylation sites (N-methyl/N-ethyl adjacent to an activating group) is 1. The lowest BCUT2D eigenvalue weighted by Crippen LogP contribution is -2.49. The number of allylic oxidation sites excluding steroid dienone is 1. The van der Waals surface area contributed by atoms with E-state index in [0.29, 0.717) is 22.4 Å². The van der Waals surface area contributed by atoms with E-state index in [4.69, 9.17) is 4.74 Å². The summed E-state index contributed by atoms with van der Waals surface area (Å²) in [4.78, 5) is 29.4. The van der Waals surface area contributed by atoms with Crippen LogP contribution in [-0.2, 0) is 22.8 Å². The third kappa shape index (κ3) is 4.72. The van der Waals surface area contributed by atoms with Crippen molar-refractivity contribution >= 4 is 17.7 Å². The van der Waals surface area contributed by atoms with Crippen LogP contribution in [0.5, 0.6) is 0 Å². The van der Waals surface area contributed by atoms with Gasteiger partial charge in [0.25, 0.3) is 0 Å². The van der Waals surface area contributed by atoms with Gasteiger partial charge in [0.05, 0.1) is 46.8 Å². The minimum atomic E-state index is -4.62. The van der Waals surface area contributed by atoms with Gasteiger partial charge in [-0.2, -0.15) is 23.5 Å². The molecule has 38 heavy (non-hydrogen) atoms. The van der Waals surface area contributed by atoms with Crippen LogP contribution in [0.3, 0.4) is 0 Å². The fraction of sp³-hybridized carbons (Fsp3) is 0.259. The summed E-state index contributed by atoms with van der Waals surface area (Å²) in [5.41, 5.74) is 1.13. The number of benzene rings is 2. The zero-order chi connectivity index (χ0) is 27.8. The molecule has 0 saturated heterocycles. The van der Waals surface area contributed by atoms with E-state index in [1.807, 2.05) is 0 Å². The van der Waals surface area contributed by atoms with Crippen LogP contribution in [0.15, 0.2) is 66.0 Å². The van der Waals surface area contributed by atoms with Gasteiger partial charge in [0, 0.05) is 31.6 Å². The summed E-state index contributed by atoms with van der Waals surface area (Å²) >= 11 is 0. The first-order valence-electron chi connectivity index (χ1n) is 11.6. The monoisotopic (exact) mass is 523 g/mol. The number of carbonyl (C=O) groups is 2. The minimum Gasteiger partial charge on any atom is -0.463 e. The third-order valence-corrected chi connectivity index (χ3v) is 6.27. The number of urea groups is 1. The minimum absolute atomic E-state index is 0.0424. The maximum Gasteiger partial charge on any atom is 0.416 e. The first-order valence-corrected chi connectivity index (χ1v) is 11.6. The Morgan fingerprint density at radius 3 is 2.50 bits per heavy atom. The summed E-state index contributed by atoms with van der Waals surface area (Å²) in [7, 11) is 3.19. The number of aryl methyl sites for hydroxylation is 1. The molecule has 2 heterocycles. The molecule has 1 unspecified atom stereocenters. The first-order chi connectivity index (χ1) is 18.0. The molecule has 2 aromatic carbocycles. The number of nitriles is 1. The zero-order valence-corrected chi connectivity index (χ0v) is 21.1. The van der Waals surface area contributed by atoms with Gasteiger partial charge >= 0.3 is 18.2 Å². The Morgan fingerprint density at radius 1 is 1.16 bits per heavy atom. The number of rotatable bonds is 5. The van der Waals surface area contributed by atoms with Gasteiger partial charge in [-0.25, -0.2) is 9.59 Å². The van der Waals surface area contributed by atoms with Gasteiger partial charge in [-0.05, 0) is 55.8 Å². The van der Waals surface area contributed by atoms with Gasteiger partial charge in [0.2, 0.25) is 0 Å². The Labute approximate surface area is 217 Å². The quantitative estimate of drug-likeness (QED) is 0.416. The van der Waals surface area contributed by atoms with Crippen molar-refractivity contribution in [3.63, 3.8) is 0 Å². The lowest BCUT2D eigenvalue weighted by Gasteiger charge is -2.41. The van der Waals surface area contributed by atoms with Crippen molar-refractivity contribution in [2.24, 2.45) is 7.05 Å². The van der Waals surface area contributed by atoms with Crippen LogP contribution < -0.4 is 4.90 Å². The molecule has 1 aliphatic rings. The smallest absolute Gasteiger partial charge is 0.416 e. The second-order valence-corrected chi connectivity index (χ2v) is 8.69. The average molecular weight is 524 g/mol. The predicted molar refractivity (Wildman–Crippen MR) is 133 cm³/mol. The number of anilines is 1. The predicted octanol–water partition coefficient (Wildman–Crippen LogP) is 5.43. The number of ether oxygens (including phenoxy) is 1. The van der Waals surface area contributed by atoms with Crippen molar-refractivity contribution in [1.29, 1.82) is 5.26 Å². The number of carbonyl (C=O) groups excluding carboxylic acids is 2. The lowest BCUT2D eigenvalue weighted by atomic mass is 9.88. The summed E-state index contributed by atoms with van der Waals surface area (Å²) < 4.78 is 47.2. The molecule has 4 rings (SSSR count). The van der Waals surface area contributed by atoms with Crippen molar-refractivity contribution < 1.29 is 27.5 Å². The maximum absolute atomic E-state index is 13.7. The highest BCUT2D eigenvalue weighted by Crippen LogP contribution is 2.43. The Morgan fingerprint density at radius 2 is 1.89 bits per heavy atom. The molecule has 1 atom stereocenters. The van der Waals surface area contributed by atoms with Gasteiger partial charge in [0.15, 0.2) is 0 Å². The fourth-order valence-corrected chi connectivity index (χ4v) is 4.53. The number of nitrogens with zero attached hydrogens (tertiary/aromatic N) is 5. The fourth-order valence-electron chi connectivity index (χ4n) is 4.53. The normalized spacial score (nSPS) is 16.1. The van der Waals surface area contributed by atoms with Gasteiger partial charge < -0.3 is 9.64 Å². The molecule has 11 heteroatoms. The maximum atomic E-state index is 13.7. The molecule has 1 aliphatic heterocycles. The second kappa shape index (κ2) is 10.0. The van der Waals surface area contributed by atoms with Crippen LogP contribution in [-0.4, -0.2) is 40.3 Å². The van der Waals surface area contributed by atoms with Gasteiger partial charge in [-0.3, -0.25) is 9.58 Å². The molecule has 0 N–H and O–H groups in total. The van der Waals surface area contributed by atoms with Crippen molar-refractivity contribution in [1.82, 2.24) is 14.7 Å². The van der Waals surface area contributed by atoms with Crippen molar-refractivity contribution in [3.05, 3.63) is 82.7 Å². The number of amides is 2. The molecular formula is C27H24F3N5O3. The number of aromatic nitrogens is 2. The third-order valence-electron chi connectivity index (χ3n) is 6.27. The van der Waals surface area contributed by atoms with Crippen LogP contribution in [0.1, 0.15) is 36.6 Å². The summed E-state index contributed by atoms with van der Waals surface area (Å²) in [6.07, 6.45) is -2.90. The molecule has 0 radical (unpaired) electrons. The van der Waals surface area contributed by atoms with Crippen molar-refractivity contribution in [2.75, 3.05) is 18.6 Å². The molecule has 196 valence electrons. The van der Waals surface area contributed by atoms with Crippen LogP contribution in [0.2, 0.25) is 0 Å². The summed E-state index contributed by atoms with van der Waals surface area (Å²) in [6.45, 7) is 3.17. The van der Waals surface area contributed by atoms with E-state index in [1.165, 1.54) is 31.0 Å². The van der Waals surface area contributed by atoms with E-state index in [0.717, 1.165) is 17.0 Å². The number of esters is 1. The molecule has 2 amide bonds. The van der Waals surface area contributed by atoms with Gasteiger partial charge in [-0.15, -0.1) is 0 Å². The van der Waals surface area contributed by atoms with Crippen molar-refractivity contribution in [2.45, 2.75) is 26.1 Å². The van der Waals surface area contributed by atoms with E-state index in [-0.39, 0.29) is 23.6 Å². The van der Waals surface area contributed by atoms with E-state index in [1.54, 1.807) is 49.1 Å². The molecule has 1 aromatic heterocycles. The molecule has 3 aromatic rings. The lowest BCUT2D eigenvalue weighted by molar-refractivity contribution is -0.139. The van der Waals surface area contributed by atoms with Crippen molar-refractivity contribution in [3.8, 4) is 17.3 Å². The van der Waals surface area contributed by atoms with E-state index in [9.17, 15) is 28.0 Å². The highest BCUT2D eigenvalue weighted by atomic mass is 19.4. The molecule has 0 aliphatic carbocycles. The largest absolute Gasteiger partial charge is 0.463 e. The second-order valence-electron chi connectivity index (χ2n) is 8.69. The molecule has 0 saturated carbocycles. The van der Waals surface area contributed by atoms with E-state index in [2.05, 4.69) is 11.2 Å². The summed E-state index contributed by atoms with van der Waals surface area (Å²) in [5, 5.41) is 13.9. The van der Waals surface area contributed by atoms with Crippen LogP contribution in [0.25, 0.3) is 11.3 Å². The van der Waals surface area contributed by atoms with Crippen LogP contribution >= 0.6 is 0 Å². The zero-order valence-electron chi connectivity index (χ0n) is 21.1. The Balaban J connectivity index is 1.96. The molecule has 0 fully saturated rings. The van der Waals surface area contributed by atoms with E-state index < -0.39 is 29.8 Å². The average Bonchev–Trinajstić information content (AvgIpc) is 3.31. The highest BCUT2D eigenvalue weighted by Gasteiger charge is 2.43. The Bertz CT molecular complexity index is 1490. The number of hydrogen-bond donors (Lipinski definition) is 0. The van der Waals surface area contributed by atoms with Crippen LogP contribution in [0, 0.1) is 11.3 Å². The molecule has 0 bridgehead atoms. The van der Waals surface area contributed by atoms with E-state index >= 15 is 0 Å². The highest BCUT2D eigenvalue weighted by molar-refractivity contribution is 6.03. The number of hydrogen-bond acceptors (Lipinski definition) is 5. The number of halogens is 3. The molecular weight excluding hydrogens is 499 g/mol. The molecule has 0 spiro atoms. The summed E-state index contributed by atoms with van der Waals surface area (Å²) in [6, 6.07) is 11.4. The Hall–Kier alpha value is -4.59. The first kappa shape index (κ1) is 26.5. The topological polar surface area (TPSA) is 91.5 Å². The standard InChI is InChI=1S/C27H24F3N5O3/c1-5-38-25(36)23-16(2)35(19-8-6-7-18(14-19)27(28,29)30)26(37)34(4)24(23)20-10-9-17(15-31)13-21(20)22-11-12-33(3)32-22/h6-14,24H,5H2,1-4H3.